The summed E-state index contributed by atoms with van der Waals surface area (Å²) in [6.45, 7) is 0. The number of carbonyl (C=O) groups is 1. The maximum atomic E-state index is 13.6. The van der Waals surface area contributed by atoms with Gasteiger partial charge in [-0.05, 0) is 17.2 Å². The van der Waals surface area contributed by atoms with Gasteiger partial charge in [0.1, 0.15) is 11.9 Å². The lowest BCUT2D eigenvalue weighted by Crippen LogP contribution is -2.23. The van der Waals surface area contributed by atoms with Gasteiger partial charge in [-0.1, -0.05) is 42.5 Å². The summed E-state index contributed by atoms with van der Waals surface area (Å²) in [5.74, 6) is -1.09. The molecule has 3 heteroatoms. The van der Waals surface area contributed by atoms with Crippen LogP contribution in [0.5, 0.6) is 0 Å². The lowest BCUT2D eigenvalue weighted by molar-refractivity contribution is 0.0246. The molecule has 0 radical (unpaired) electrons. The Hall–Kier alpha value is -2.16. The van der Waals surface area contributed by atoms with Gasteiger partial charge in [0.25, 0.3) is 0 Å². The molecular weight excluding hydrogens is 231 g/mol. The van der Waals surface area contributed by atoms with E-state index in [-0.39, 0.29) is 11.7 Å². The fraction of sp³-hybridized carbons (Fsp3) is 0.133. The van der Waals surface area contributed by atoms with Crippen LogP contribution in [0.25, 0.3) is 0 Å². The Labute approximate surface area is 104 Å². The minimum Gasteiger partial charge on any atom is -0.453 e. The van der Waals surface area contributed by atoms with E-state index in [4.69, 9.17) is 4.74 Å². The van der Waals surface area contributed by atoms with E-state index >= 15 is 0 Å². The highest BCUT2D eigenvalue weighted by Gasteiger charge is 2.29. The molecular formula is C15H11FO2. The van der Waals surface area contributed by atoms with Crippen LogP contribution in [-0.4, -0.2) is 5.97 Å². The second-order valence-corrected chi connectivity index (χ2v) is 4.28. The van der Waals surface area contributed by atoms with Crippen molar-refractivity contribution in [3.05, 3.63) is 71.0 Å². The number of cyclic esters (lactones) is 1. The summed E-state index contributed by atoms with van der Waals surface area (Å²) in [7, 11) is 0. The molecule has 0 aromatic heterocycles. The number of halogens is 1. The molecule has 0 spiro atoms. The van der Waals surface area contributed by atoms with Crippen LogP contribution in [0.4, 0.5) is 4.39 Å². The lowest BCUT2D eigenvalue weighted by atomic mass is 9.94. The van der Waals surface area contributed by atoms with Crippen LogP contribution in [0.1, 0.15) is 27.6 Å². The Bertz CT molecular complexity index is 593. The third-order valence-electron chi connectivity index (χ3n) is 3.13. The number of hydrogen-bond acceptors (Lipinski definition) is 2. The maximum Gasteiger partial charge on any atom is 0.342 e. The standard InChI is InChI=1S/C15H11FO2/c16-12-8-4-7-11-9-13(18-15(17)14(11)12)10-5-2-1-3-6-10/h1-8,13H,9H2/t13-/m1/s1. The molecule has 90 valence electrons. The van der Waals surface area contributed by atoms with E-state index in [1.807, 2.05) is 30.3 Å². The first-order valence-corrected chi connectivity index (χ1v) is 5.79. The van der Waals surface area contributed by atoms with E-state index in [0.717, 1.165) is 5.56 Å². The summed E-state index contributed by atoms with van der Waals surface area (Å²) in [5, 5.41) is 0. The largest absolute Gasteiger partial charge is 0.453 e. The predicted octanol–water partition coefficient (Wildman–Crippen LogP) is 3.28. The van der Waals surface area contributed by atoms with Gasteiger partial charge < -0.3 is 4.74 Å². The van der Waals surface area contributed by atoms with Gasteiger partial charge in [-0.3, -0.25) is 0 Å². The number of esters is 1. The van der Waals surface area contributed by atoms with E-state index in [1.165, 1.54) is 6.07 Å². The quantitative estimate of drug-likeness (QED) is 0.717. The molecule has 0 saturated heterocycles. The van der Waals surface area contributed by atoms with Crippen LogP contribution in [0.3, 0.4) is 0 Å². The fourth-order valence-electron chi connectivity index (χ4n) is 2.25. The van der Waals surface area contributed by atoms with Crippen molar-refractivity contribution >= 4 is 5.97 Å². The highest BCUT2D eigenvalue weighted by Crippen LogP contribution is 2.31. The normalized spacial score (nSPS) is 18.1. The van der Waals surface area contributed by atoms with Gasteiger partial charge in [-0.2, -0.15) is 0 Å². The van der Waals surface area contributed by atoms with Gasteiger partial charge in [0.05, 0.1) is 5.56 Å². The van der Waals surface area contributed by atoms with Gasteiger partial charge in [-0.15, -0.1) is 0 Å². The van der Waals surface area contributed by atoms with Crippen molar-refractivity contribution in [2.45, 2.75) is 12.5 Å². The van der Waals surface area contributed by atoms with Crippen LogP contribution in [0.15, 0.2) is 48.5 Å². The Morgan fingerprint density at radius 2 is 1.83 bits per heavy atom. The summed E-state index contributed by atoms with van der Waals surface area (Å²) >= 11 is 0. The smallest absolute Gasteiger partial charge is 0.342 e. The average molecular weight is 242 g/mol. The van der Waals surface area contributed by atoms with E-state index in [0.29, 0.717) is 12.0 Å². The van der Waals surface area contributed by atoms with E-state index < -0.39 is 11.8 Å². The van der Waals surface area contributed by atoms with Gasteiger partial charge in [0.2, 0.25) is 0 Å². The van der Waals surface area contributed by atoms with Gasteiger partial charge in [0.15, 0.2) is 0 Å². The molecule has 2 aromatic rings. The molecule has 18 heavy (non-hydrogen) atoms. The second kappa shape index (κ2) is 4.26. The zero-order valence-corrected chi connectivity index (χ0v) is 9.60. The van der Waals surface area contributed by atoms with Crippen molar-refractivity contribution in [1.29, 1.82) is 0 Å². The molecule has 2 aromatic carbocycles. The Balaban J connectivity index is 2.00. The van der Waals surface area contributed by atoms with Crippen molar-refractivity contribution in [3.8, 4) is 0 Å². The Morgan fingerprint density at radius 3 is 2.61 bits per heavy atom. The van der Waals surface area contributed by atoms with Crippen molar-refractivity contribution in [2.75, 3.05) is 0 Å². The molecule has 0 bridgehead atoms. The number of carbonyl (C=O) groups excluding carboxylic acids is 1. The summed E-state index contributed by atoms with van der Waals surface area (Å²) in [4.78, 5) is 11.8. The zero-order valence-electron chi connectivity index (χ0n) is 9.60. The highest BCUT2D eigenvalue weighted by molar-refractivity contribution is 5.92. The van der Waals surface area contributed by atoms with Gasteiger partial charge >= 0.3 is 5.97 Å². The monoisotopic (exact) mass is 242 g/mol. The topological polar surface area (TPSA) is 26.3 Å². The minimum atomic E-state index is -0.580. The van der Waals surface area contributed by atoms with Crippen molar-refractivity contribution in [3.63, 3.8) is 0 Å². The first kappa shape index (κ1) is 11.0. The van der Waals surface area contributed by atoms with E-state index in [9.17, 15) is 9.18 Å². The summed E-state index contributed by atoms with van der Waals surface area (Å²) in [6, 6.07) is 14.2. The number of ether oxygens (including phenoxy) is 1. The van der Waals surface area contributed by atoms with E-state index in [2.05, 4.69) is 0 Å². The molecule has 1 heterocycles. The van der Waals surface area contributed by atoms with Crippen LogP contribution in [0.2, 0.25) is 0 Å². The number of hydrogen-bond donors (Lipinski definition) is 0. The van der Waals surface area contributed by atoms with Gasteiger partial charge in [-0.25, -0.2) is 9.18 Å². The SMILES string of the molecule is O=C1O[C@@H](c2ccccc2)Cc2cccc(F)c21. The third-order valence-corrected chi connectivity index (χ3v) is 3.13. The lowest BCUT2D eigenvalue weighted by Gasteiger charge is -2.25. The van der Waals surface area contributed by atoms with Crippen LogP contribution >= 0.6 is 0 Å². The molecule has 0 amide bonds. The molecule has 0 unspecified atom stereocenters. The molecule has 1 atom stereocenters. The summed E-state index contributed by atoms with van der Waals surface area (Å²) in [5.41, 5.74) is 1.71. The molecule has 2 nitrogen and oxygen atoms in total. The summed E-state index contributed by atoms with van der Waals surface area (Å²) < 4.78 is 18.9. The minimum absolute atomic E-state index is 0.0738. The van der Waals surface area contributed by atoms with Crippen molar-refractivity contribution < 1.29 is 13.9 Å². The first-order chi connectivity index (χ1) is 8.75. The second-order valence-electron chi connectivity index (χ2n) is 4.28. The maximum absolute atomic E-state index is 13.6. The van der Waals surface area contributed by atoms with Crippen LogP contribution in [-0.2, 0) is 11.2 Å². The highest BCUT2D eigenvalue weighted by atomic mass is 19.1. The first-order valence-electron chi connectivity index (χ1n) is 5.79. The number of rotatable bonds is 1. The van der Waals surface area contributed by atoms with Crippen molar-refractivity contribution in [2.24, 2.45) is 0 Å². The predicted molar refractivity (Wildman–Crippen MR) is 64.7 cm³/mol. The third kappa shape index (κ3) is 1.78. The molecule has 1 aliphatic rings. The zero-order chi connectivity index (χ0) is 12.5. The van der Waals surface area contributed by atoms with Crippen LogP contribution in [0, 0.1) is 5.82 Å². The molecule has 0 fully saturated rings. The fourth-order valence-corrected chi connectivity index (χ4v) is 2.25. The molecule has 0 saturated carbocycles. The Kier molecular flexibility index (Phi) is 2.59. The van der Waals surface area contributed by atoms with Crippen LogP contribution < -0.4 is 0 Å². The number of benzene rings is 2. The molecule has 3 rings (SSSR count). The molecule has 0 N–H and O–H groups in total. The Morgan fingerprint density at radius 1 is 1.06 bits per heavy atom. The van der Waals surface area contributed by atoms with E-state index in [1.54, 1.807) is 12.1 Å². The number of fused-ring (bicyclic) bond motifs is 1. The average Bonchev–Trinajstić information content (AvgIpc) is 2.39. The molecule has 0 aliphatic carbocycles. The van der Waals surface area contributed by atoms with Crippen molar-refractivity contribution in [1.82, 2.24) is 0 Å². The van der Waals surface area contributed by atoms with Gasteiger partial charge in [0, 0.05) is 6.42 Å². The molecule has 1 aliphatic heterocycles. The summed E-state index contributed by atoms with van der Waals surface area (Å²) in [6.07, 6.45) is 0.191.